The maximum atomic E-state index is 12.2. The highest BCUT2D eigenvalue weighted by atomic mass is 16.4. The van der Waals surface area contributed by atoms with Crippen LogP contribution in [0.25, 0.3) is 0 Å². The van der Waals surface area contributed by atoms with Gasteiger partial charge in [-0.2, -0.15) is 0 Å². The molecule has 0 bridgehead atoms. The summed E-state index contributed by atoms with van der Waals surface area (Å²) in [5.41, 5.74) is 0.508. The fourth-order valence-electron chi connectivity index (χ4n) is 1.98. The number of amides is 1. The van der Waals surface area contributed by atoms with Gasteiger partial charge in [-0.15, -0.1) is 0 Å². The van der Waals surface area contributed by atoms with Crippen LogP contribution in [0.4, 0.5) is 0 Å². The van der Waals surface area contributed by atoms with Crippen LogP contribution in [0.15, 0.2) is 30.3 Å². The fourth-order valence-corrected chi connectivity index (χ4v) is 1.98. The number of aliphatic hydroxyl groups is 1. The first-order valence-electron chi connectivity index (χ1n) is 6.22. The van der Waals surface area contributed by atoms with Gasteiger partial charge in [0, 0.05) is 12.6 Å². The molecule has 1 aromatic rings. The molecule has 5 heteroatoms. The SMILES string of the molecule is CCN(C(=O)C(O)c1ccccc1)C(C)CC(=O)O. The molecule has 1 rings (SSSR count). The van der Waals surface area contributed by atoms with Crippen molar-refractivity contribution in [2.24, 2.45) is 0 Å². The average molecular weight is 265 g/mol. The number of carboxylic acid groups (broad SMARTS) is 1. The number of hydrogen-bond acceptors (Lipinski definition) is 3. The first-order valence-corrected chi connectivity index (χ1v) is 6.22. The predicted octanol–water partition coefficient (Wildman–Crippen LogP) is 1.43. The highest BCUT2D eigenvalue weighted by Gasteiger charge is 2.27. The van der Waals surface area contributed by atoms with Gasteiger partial charge < -0.3 is 15.1 Å². The van der Waals surface area contributed by atoms with Gasteiger partial charge in [0.05, 0.1) is 6.42 Å². The summed E-state index contributed by atoms with van der Waals surface area (Å²) in [7, 11) is 0. The van der Waals surface area contributed by atoms with Crippen molar-refractivity contribution in [1.82, 2.24) is 4.90 Å². The second-order valence-corrected chi connectivity index (χ2v) is 4.38. The average Bonchev–Trinajstić information content (AvgIpc) is 2.38. The Morgan fingerprint density at radius 3 is 2.32 bits per heavy atom. The zero-order valence-electron chi connectivity index (χ0n) is 11.1. The van der Waals surface area contributed by atoms with Gasteiger partial charge in [0.15, 0.2) is 6.10 Å². The summed E-state index contributed by atoms with van der Waals surface area (Å²) in [5.74, 6) is -1.43. The number of hydrogen-bond donors (Lipinski definition) is 2. The normalized spacial score (nSPS) is 13.6. The molecule has 0 heterocycles. The largest absolute Gasteiger partial charge is 0.481 e. The Morgan fingerprint density at radius 2 is 1.84 bits per heavy atom. The first-order chi connectivity index (χ1) is 8.97. The molecule has 0 saturated heterocycles. The number of likely N-dealkylation sites (N-methyl/N-ethyl adjacent to an activating group) is 1. The monoisotopic (exact) mass is 265 g/mol. The number of nitrogens with zero attached hydrogens (tertiary/aromatic N) is 1. The van der Waals surface area contributed by atoms with Gasteiger partial charge in [-0.3, -0.25) is 9.59 Å². The molecule has 19 heavy (non-hydrogen) atoms. The van der Waals surface area contributed by atoms with Crippen LogP contribution in [0.1, 0.15) is 31.9 Å². The minimum Gasteiger partial charge on any atom is -0.481 e. The Labute approximate surface area is 112 Å². The van der Waals surface area contributed by atoms with E-state index in [-0.39, 0.29) is 6.42 Å². The van der Waals surface area contributed by atoms with Crippen molar-refractivity contribution in [1.29, 1.82) is 0 Å². The molecule has 2 atom stereocenters. The minimum atomic E-state index is -1.25. The molecule has 2 N–H and O–H groups in total. The lowest BCUT2D eigenvalue weighted by Crippen LogP contribution is -2.42. The van der Waals surface area contributed by atoms with Crippen molar-refractivity contribution in [3.05, 3.63) is 35.9 Å². The van der Waals surface area contributed by atoms with E-state index in [1.165, 1.54) is 4.90 Å². The van der Waals surface area contributed by atoms with Crippen molar-refractivity contribution < 1.29 is 19.8 Å². The third-order valence-corrected chi connectivity index (χ3v) is 2.98. The maximum absolute atomic E-state index is 12.2. The maximum Gasteiger partial charge on any atom is 0.305 e. The lowest BCUT2D eigenvalue weighted by molar-refractivity contribution is -0.145. The number of aliphatic carboxylic acids is 1. The third kappa shape index (κ3) is 4.06. The number of rotatable bonds is 6. The minimum absolute atomic E-state index is 0.138. The van der Waals surface area contributed by atoms with Crippen LogP contribution < -0.4 is 0 Å². The number of carboxylic acids is 1. The van der Waals surface area contributed by atoms with Crippen molar-refractivity contribution in [2.45, 2.75) is 32.4 Å². The quantitative estimate of drug-likeness (QED) is 0.815. The third-order valence-electron chi connectivity index (χ3n) is 2.98. The van der Waals surface area contributed by atoms with Crippen LogP contribution in [0.2, 0.25) is 0 Å². The lowest BCUT2D eigenvalue weighted by atomic mass is 10.1. The second kappa shape index (κ2) is 6.89. The van der Waals surface area contributed by atoms with Crippen molar-refractivity contribution in [2.75, 3.05) is 6.54 Å². The Bertz CT molecular complexity index is 432. The van der Waals surface area contributed by atoms with Crippen LogP contribution in [-0.4, -0.2) is 39.6 Å². The zero-order chi connectivity index (χ0) is 14.4. The van der Waals surface area contributed by atoms with Crippen molar-refractivity contribution in [3.63, 3.8) is 0 Å². The Kier molecular flexibility index (Phi) is 5.51. The molecule has 5 nitrogen and oxygen atoms in total. The molecule has 0 aliphatic carbocycles. The number of carbonyl (C=O) groups is 2. The fraction of sp³-hybridized carbons (Fsp3) is 0.429. The summed E-state index contributed by atoms with van der Waals surface area (Å²) in [6.45, 7) is 3.78. The summed E-state index contributed by atoms with van der Waals surface area (Å²) in [6, 6.07) is 8.15. The molecule has 1 aromatic carbocycles. The Morgan fingerprint density at radius 1 is 1.26 bits per heavy atom. The molecule has 0 aromatic heterocycles. The molecular weight excluding hydrogens is 246 g/mol. The lowest BCUT2D eigenvalue weighted by Gasteiger charge is -2.29. The van der Waals surface area contributed by atoms with Gasteiger partial charge in [0.2, 0.25) is 0 Å². The molecule has 0 saturated carbocycles. The molecule has 0 spiro atoms. The van der Waals surface area contributed by atoms with Gasteiger partial charge in [-0.1, -0.05) is 30.3 Å². The first kappa shape index (κ1) is 15.2. The standard InChI is InChI=1S/C14H19NO4/c1-3-15(10(2)9-12(16)17)14(19)13(18)11-7-5-4-6-8-11/h4-8,10,13,18H,3,9H2,1-2H3,(H,16,17). The molecule has 2 unspecified atom stereocenters. The van der Waals surface area contributed by atoms with E-state index in [2.05, 4.69) is 0 Å². The van der Waals surface area contributed by atoms with Gasteiger partial charge in [0.1, 0.15) is 0 Å². The Hall–Kier alpha value is -1.88. The summed E-state index contributed by atoms with van der Waals surface area (Å²) in [6.07, 6.45) is -1.39. The smallest absolute Gasteiger partial charge is 0.305 e. The highest BCUT2D eigenvalue weighted by Crippen LogP contribution is 2.17. The molecule has 1 amide bonds. The van der Waals surface area contributed by atoms with E-state index in [9.17, 15) is 14.7 Å². The van der Waals surface area contributed by atoms with E-state index in [0.717, 1.165) is 0 Å². The second-order valence-electron chi connectivity index (χ2n) is 4.38. The summed E-state index contributed by atoms with van der Waals surface area (Å²) < 4.78 is 0. The van der Waals surface area contributed by atoms with E-state index in [1.807, 2.05) is 0 Å². The number of carbonyl (C=O) groups excluding carboxylic acids is 1. The molecule has 104 valence electrons. The van der Waals surface area contributed by atoms with Crippen LogP contribution in [0, 0.1) is 0 Å². The number of aliphatic hydroxyl groups excluding tert-OH is 1. The van der Waals surface area contributed by atoms with E-state index in [1.54, 1.807) is 44.2 Å². The van der Waals surface area contributed by atoms with E-state index in [4.69, 9.17) is 5.11 Å². The molecule has 0 radical (unpaired) electrons. The molecule has 0 fully saturated rings. The van der Waals surface area contributed by atoms with Crippen LogP contribution in [0.5, 0.6) is 0 Å². The van der Waals surface area contributed by atoms with E-state index >= 15 is 0 Å². The summed E-state index contributed by atoms with van der Waals surface area (Å²) >= 11 is 0. The van der Waals surface area contributed by atoms with Crippen LogP contribution in [0.3, 0.4) is 0 Å². The molecule has 0 aliphatic heterocycles. The number of benzene rings is 1. The van der Waals surface area contributed by atoms with Gasteiger partial charge in [0.25, 0.3) is 5.91 Å². The van der Waals surface area contributed by atoms with Crippen molar-refractivity contribution >= 4 is 11.9 Å². The zero-order valence-corrected chi connectivity index (χ0v) is 11.1. The highest BCUT2D eigenvalue weighted by molar-refractivity contribution is 5.82. The topological polar surface area (TPSA) is 77.8 Å². The Balaban J connectivity index is 2.81. The van der Waals surface area contributed by atoms with Gasteiger partial charge in [-0.25, -0.2) is 0 Å². The van der Waals surface area contributed by atoms with Gasteiger partial charge >= 0.3 is 5.97 Å². The van der Waals surface area contributed by atoms with Crippen LogP contribution in [-0.2, 0) is 9.59 Å². The van der Waals surface area contributed by atoms with Gasteiger partial charge in [-0.05, 0) is 19.4 Å². The molecular formula is C14H19NO4. The molecule has 0 aliphatic rings. The summed E-state index contributed by atoms with van der Waals surface area (Å²) in [4.78, 5) is 24.3. The summed E-state index contributed by atoms with van der Waals surface area (Å²) in [5, 5.41) is 18.8. The van der Waals surface area contributed by atoms with E-state index in [0.29, 0.717) is 12.1 Å². The van der Waals surface area contributed by atoms with Crippen LogP contribution >= 0.6 is 0 Å². The van der Waals surface area contributed by atoms with E-state index < -0.39 is 24.0 Å². The predicted molar refractivity (Wildman–Crippen MR) is 70.5 cm³/mol. The van der Waals surface area contributed by atoms with Crippen molar-refractivity contribution in [3.8, 4) is 0 Å².